The second-order valence-corrected chi connectivity index (χ2v) is 14.1. The molecule has 1 heterocycles. The van der Waals surface area contributed by atoms with E-state index in [4.69, 9.17) is 0 Å². The Balaban J connectivity index is 2.42. The lowest BCUT2D eigenvalue weighted by molar-refractivity contribution is 0.838. The number of hydrogen-bond donors (Lipinski definition) is 0. The van der Waals surface area contributed by atoms with E-state index in [2.05, 4.69) is 87.6 Å². The zero-order chi connectivity index (χ0) is 17.9. The lowest BCUT2D eigenvalue weighted by atomic mass is 10.1. The predicted molar refractivity (Wildman–Crippen MR) is 110 cm³/mol. The Kier molecular flexibility index (Phi) is 6.06. The number of aromatic nitrogens is 1. The molecule has 0 amide bonds. The monoisotopic (exact) mass is 355 g/mol. The molecule has 0 aliphatic carbocycles. The lowest BCUT2D eigenvalue weighted by Gasteiger charge is -2.38. The highest BCUT2D eigenvalue weighted by Gasteiger charge is 2.41. The molecule has 0 aliphatic rings. The van der Waals surface area contributed by atoms with Gasteiger partial charge < -0.3 is 0 Å². The molecule has 2 rings (SSSR count). The minimum atomic E-state index is -1.68. The van der Waals surface area contributed by atoms with Crippen molar-refractivity contribution < 1.29 is 0 Å². The van der Waals surface area contributed by atoms with Crippen molar-refractivity contribution in [2.45, 2.75) is 65.1 Å². The van der Waals surface area contributed by atoms with Crippen LogP contribution in [0.15, 0.2) is 29.6 Å². The van der Waals surface area contributed by atoms with Crippen LogP contribution >= 0.6 is 11.3 Å². The fourth-order valence-corrected chi connectivity index (χ4v) is 9.71. The summed E-state index contributed by atoms with van der Waals surface area (Å²) in [6, 6.07) is 8.52. The number of hydrogen-bond acceptors (Lipinski definition) is 2. The smallest absolute Gasteiger partial charge is 0.146 e. The molecule has 0 spiro atoms. The van der Waals surface area contributed by atoms with Gasteiger partial charge in [0.2, 0.25) is 0 Å². The summed E-state index contributed by atoms with van der Waals surface area (Å²) >= 11 is 1.69. The quantitative estimate of drug-likeness (QED) is 0.440. The molecule has 2 aromatic rings. The molecule has 3 heteroatoms. The van der Waals surface area contributed by atoms with Crippen LogP contribution in [0.1, 0.15) is 52.1 Å². The van der Waals surface area contributed by atoms with E-state index in [1.54, 1.807) is 11.3 Å². The second kappa shape index (κ2) is 7.67. The third-order valence-corrected chi connectivity index (χ3v) is 12.1. The maximum Gasteiger partial charge on any atom is 0.146 e. The van der Waals surface area contributed by atoms with Crippen molar-refractivity contribution in [1.29, 1.82) is 0 Å². The Bertz CT molecular complexity index is 725. The van der Waals surface area contributed by atoms with E-state index in [9.17, 15) is 0 Å². The summed E-state index contributed by atoms with van der Waals surface area (Å²) in [5, 5.41) is 3.23. The zero-order valence-electron chi connectivity index (χ0n) is 16.0. The second-order valence-electron chi connectivity index (χ2n) is 7.48. The summed E-state index contributed by atoms with van der Waals surface area (Å²) in [5.41, 5.74) is 9.12. The van der Waals surface area contributed by atoms with Crippen LogP contribution in [0.5, 0.6) is 0 Å². The van der Waals surface area contributed by atoms with Crippen molar-refractivity contribution in [2.24, 2.45) is 0 Å². The van der Waals surface area contributed by atoms with E-state index in [1.807, 2.05) is 6.92 Å². The van der Waals surface area contributed by atoms with Gasteiger partial charge in [0.25, 0.3) is 0 Å². The molecule has 0 saturated heterocycles. The first-order valence-electron chi connectivity index (χ1n) is 8.83. The standard InChI is InChI=1S/C21H29NSSi/c1-15(2)24(16(3)4,17(5)6)12-11-19-9-8-10-20(13-19)21-14-23-18(7)22-21/h8-10,13-17H,1-7H3. The van der Waals surface area contributed by atoms with Crippen LogP contribution < -0.4 is 0 Å². The van der Waals surface area contributed by atoms with Crippen LogP contribution in [-0.2, 0) is 0 Å². The summed E-state index contributed by atoms with van der Waals surface area (Å²) < 4.78 is 0. The van der Waals surface area contributed by atoms with E-state index in [-0.39, 0.29) is 0 Å². The van der Waals surface area contributed by atoms with Gasteiger partial charge in [0.1, 0.15) is 8.07 Å². The Morgan fingerprint density at radius 1 is 1.00 bits per heavy atom. The minimum Gasteiger partial charge on any atom is -0.242 e. The predicted octanol–water partition coefficient (Wildman–Crippen LogP) is 6.69. The van der Waals surface area contributed by atoms with Crippen LogP contribution in [0.25, 0.3) is 11.3 Å². The Morgan fingerprint density at radius 2 is 1.62 bits per heavy atom. The molecule has 1 nitrogen and oxygen atoms in total. The molecule has 128 valence electrons. The number of nitrogens with zero attached hydrogens (tertiary/aromatic N) is 1. The number of rotatable bonds is 4. The Morgan fingerprint density at radius 3 is 2.12 bits per heavy atom. The number of aryl methyl sites for hydroxylation is 1. The Hall–Kier alpha value is -1.37. The maximum atomic E-state index is 4.59. The van der Waals surface area contributed by atoms with E-state index in [0.717, 1.165) is 21.8 Å². The van der Waals surface area contributed by atoms with Crippen LogP contribution in [0.3, 0.4) is 0 Å². The number of thiazole rings is 1. The van der Waals surface area contributed by atoms with Crippen molar-refractivity contribution in [2.75, 3.05) is 0 Å². The first-order chi connectivity index (χ1) is 11.3. The average molecular weight is 356 g/mol. The minimum absolute atomic E-state index is 0.661. The summed E-state index contributed by atoms with van der Waals surface area (Å²) in [6.07, 6.45) is 0. The van der Waals surface area contributed by atoms with Crippen molar-refractivity contribution in [3.05, 3.63) is 40.2 Å². The molecule has 0 unspecified atom stereocenters. The van der Waals surface area contributed by atoms with Gasteiger partial charge in [-0.3, -0.25) is 0 Å². The van der Waals surface area contributed by atoms with E-state index in [1.165, 1.54) is 0 Å². The van der Waals surface area contributed by atoms with Crippen molar-refractivity contribution >= 4 is 19.4 Å². The highest BCUT2D eigenvalue weighted by molar-refractivity contribution is 7.09. The van der Waals surface area contributed by atoms with Gasteiger partial charge in [-0.05, 0) is 35.7 Å². The fraction of sp³-hybridized carbons (Fsp3) is 0.476. The molecule has 0 fully saturated rings. The fourth-order valence-electron chi connectivity index (χ4n) is 3.87. The molecule has 0 atom stereocenters. The Labute approximate surface area is 152 Å². The van der Waals surface area contributed by atoms with Gasteiger partial charge in [-0.1, -0.05) is 59.6 Å². The molecular weight excluding hydrogens is 326 g/mol. The summed E-state index contributed by atoms with van der Waals surface area (Å²) in [7, 11) is -1.68. The van der Waals surface area contributed by atoms with Gasteiger partial charge in [-0.25, -0.2) is 4.98 Å². The van der Waals surface area contributed by atoms with Crippen molar-refractivity contribution in [3.8, 4) is 22.7 Å². The molecule has 1 aromatic carbocycles. The summed E-state index contributed by atoms with van der Waals surface area (Å²) in [6.45, 7) is 16.2. The average Bonchev–Trinajstić information content (AvgIpc) is 2.94. The zero-order valence-corrected chi connectivity index (χ0v) is 17.8. The molecule has 0 saturated carbocycles. The molecular formula is C21H29NSSi. The van der Waals surface area contributed by atoms with E-state index in [0.29, 0.717) is 16.6 Å². The van der Waals surface area contributed by atoms with Crippen molar-refractivity contribution in [1.82, 2.24) is 4.98 Å². The maximum absolute atomic E-state index is 4.59. The highest BCUT2D eigenvalue weighted by Crippen LogP contribution is 2.40. The van der Waals surface area contributed by atoms with E-state index < -0.39 is 8.07 Å². The van der Waals surface area contributed by atoms with Gasteiger partial charge in [-0.2, -0.15) is 0 Å². The first-order valence-corrected chi connectivity index (χ1v) is 11.9. The topological polar surface area (TPSA) is 12.9 Å². The summed E-state index contributed by atoms with van der Waals surface area (Å²) in [4.78, 5) is 4.59. The highest BCUT2D eigenvalue weighted by atomic mass is 32.1. The molecule has 1 aromatic heterocycles. The van der Waals surface area contributed by atoms with E-state index >= 15 is 0 Å². The SMILES string of the molecule is Cc1nc(-c2cccc(C#C[Si](C(C)C)(C(C)C)C(C)C)c2)cs1. The lowest BCUT2D eigenvalue weighted by Crippen LogP contribution is -2.43. The van der Waals surface area contributed by atoms with Gasteiger partial charge >= 0.3 is 0 Å². The summed E-state index contributed by atoms with van der Waals surface area (Å²) in [5.74, 6) is 3.53. The van der Waals surface area contributed by atoms with Crippen LogP contribution in [-0.4, -0.2) is 13.1 Å². The van der Waals surface area contributed by atoms with Crippen LogP contribution in [0.4, 0.5) is 0 Å². The molecule has 0 radical (unpaired) electrons. The molecule has 0 N–H and O–H groups in total. The van der Waals surface area contributed by atoms with Gasteiger partial charge in [0.15, 0.2) is 0 Å². The molecule has 0 bridgehead atoms. The largest absolute Gasteiger partial charge is 0.242 e. The van der Waals surface area contributed by atoms with Gasteiger partial charge in [0.05, 0.1) is 10.7 Å². The number of benzene rings is 1. The van der Waals surface area contributed by atoms with Crippen molar-refractivity contribution in [3.63, 3.8) is 0 Å². The first kappa shape index (κ1) is 19.0. The van der Waals surface area contributed by atoms with Crippen LogP contribution in [0, 0.1) is 18.4 Å². The van der Waals surface area contributed by atoms with Crippen LogP contribution in [0.2, 0.25) is 16.6 Å². The van der Waals surface area contributed by atoms with Gasteiger partial charge in [-0.15, -0.1) is 16.9 Å². The van der Waals surface area contributed by atoms with Gasteiger partial charge in [0, 0.05) is 16.5 Å². The molecule has 0 aliphatic heterocycles. The third-order valence-electron chi connectivity index (χ3n) is 5.07. The normalized spacial score (nSPS) is 11.9. The third kappa shape index (κ3) is 3.82. The molecule has 24 heavy (non-hydrogen) atoms.